The average molecular weight is 251 g/mol. The smallest absolute Gasteiger partial charge is 0.142 e. The molecule has 1 aromatic rings. The zero-order valence-electron chi connectivity index (χ0n) is 8.68. The molecule has 1 aromatic heterocycles. The quantitative estimate of drug-likeness (QED) is 0.824. The summed E-state index contributed by atoms with van der Waals surface area (Å²) in [6, 6.07) is 3.92. The third kappa shape index (κ3) is 4.24. The standard InChI is InChI=1S/C10H14N2O.2ClH/c1-9-3-4-10(7-11-9)13-8-12-5-2-6-12;;/h3-4,7H,2,5-6,8H2,1H3;2*1H. The molecule has 0 saturated carbocycles. The van der Waals surface area contributed by atoms with E-state index in [1.165, 1.54) is 19.5 Å². The Labute approximate surface area is 103 Å². The highest BCUT2D eigenvalue weighted by molar-refractivity contribution is 5.85. The fraction of sp³-hybridized carbons (Fsp3) is 0.500. The second-order valence-electron chi connectivity index (χ2n) is 3.38. The largest absolute Gasteiger partial charge is 0.477 e. The van der Waals surface area contributed by atoms with Crippen molar-refractivity contribution in [2.45, 2.75) is 13.3 Å². The number of ether oxygens (including phenoxy) is 1. The van der Waals surface area contributed by atoms with Gasteiger partial charge in [-0.3, -0.25) is 9.88 Å². The van der Waals surface area contributed by atoms with Gasteiger partial charge in [-0.1, -0.05) is 0 Å². The van der Waals surface area contributed by atoms with Crippen molar-refractivity contribution in [3.05, 3.63) is 24.0 Å². The maximum Gasteiger partial charge on any atom is 0.142 e. The average Bonchev–Trinajstić information content (AvgIpc) is 2.05. The van der Waals surface area contributed by atoms with Gasteiger partial charge in [0, 0.05) is 18.8 Å². The Bertz CT molecular complexity index is 275. The third-order valence-electron chi connectivity index (χ3n) is 2.25. The second-order valence-corrected chi connectivity index (χ2v) is 3.38. The molecule has 5 heteroatoms. The monoisotopic (exact) mass is 250 g/mol. The van der Waals surface area contributed by atoms with Gasteiger partial charge >= 0.3 is 0 Å². The molecule has 0 radical (unpaired) electrons. The van der Waals surface area contributed by atoms with Gasteiger partial charge in [0.25, 0.3) is 0 Å². The van der Waals surface area contributed by atoms with Gasteiger partial charge in [-0.15, -0.1) is 24.8 Å². The lowest BCUT2D eigenvalue weighted by Gasteiger charge is -2.29. The fourth-order valence-corrected chi connectivity index (χ4v) is 1.22. The van der Waals surface area contributed by atoms with E-state index in [1.54, 1.807) is 6.20 Å². The molecule has 1 aliphatic heterocycles. The van der Waals surface area contributed by atoms with E-state index in [-0.39, 0.29) is 24.8 Å². The number of likely N-dealkylation sites (tertiary alicyclic amines) is 1. The van der Waals surface area contributed by atoms with Gasteiger partial charge in [-0.05, 0) is 25.5 Å². The number of pyridine rings is 1. The van der Waals surface area contributed by atoms with Crippen LogP contribution >= 0.6 is 24.8 Å². The maximum absolute atomic E-state index is 5.53. The van der Waals surface area contributed by atoms with Gasteiger partial charge in [0.2, 0.25) is 0 Å². The maximum atomic E-state index is 5.53. The van der Waals surface area contributed by atoms with E-state index >= 15 is 0 Å². The molecule has 0 aliphatic carbocycles. The number of rotatable bonds is 3. The number of aryl methyl sites for hydroxylation is 1. The Balaban J connectivity index is 0.000000980. The summed E-state index contributed by atoms with van der Waals surface area (Å²) in [4.78, 5) is 6.42. The molecule has 0 unspecified atom stereocenters. The van der Waals surface area contributed by atoms with Crippen molar-refractivity contribution in [2.75, 3.05) is 19.8 Å². The van der Waals surface area contributed by atoms with Crippen molar-refractivity contribution in [3.8, 4) is 5.75 Å². The van der Waals surface area contributed by atoms with Gasteiger partial charge in [0.15, 0.2) is 0 Å². The van der Waals surface area contributed by atoms with Crippen LogP contribution in [-0.2, 0) is 0 Å². The fourth-order valence-electron chi connectivity index (χ4n) is 1.22. The summed E-state index contributed by atoms with van der Waals surface area (Å²) in [5.41, 5.74) is 1.02. The van der Waals surface area contributed by atoms with Crippen LogP contribution in [-0.4, -0.2) is 29.7 Å². The van der Waals surface area contributed by atoms with Crippen molar-refractivity contribution in [3.63, 3.8) is 0 Å². The zero-order valence-corrected chi connectivity index (χ0v) is 10.3. The molecule has 86 valence electrons. The molecule has 15 heavy (non-hydrogen) atoms. The molecule has 1 fully saturated rings. The summed E-state index contributed by atoms with van der Waals surface area (Å²) < 4.78 is 5.53. The van der Waals surface area contributed by atoms with E-state index in [0.29, 0.717) is 6.73 Å². The van der Waals surface area contributed by atoms with Crippen LogP contribution in [0.25, 0.3) is 0 Å². The van der Waals surface area contributed by atoms with Gasteiger partial charge in [0.1, 0.15) is 12.5 Å². The van der Waals surface area contributed by atoms with Crippen LogP contribution in [0.4, 0.5) is 0 Å². The molecule has 2 rings (SSSR count). The van der Waals surface area contributed by atoms with E-state index in [9.17, 15) is 0 Å². The normalized spacial score (nSPS) is 14.5. The van der Waals surface area contributed by atoms with Crippen molar-refractivity contribution < 1.29 is 4.74 Å². The molecule has 1 aliphatic rings. The van der Waals surface area contributed by atoms with E-state index < -0.39 is 0 Å². The van der Waals surface area contributed by atoms with Crippen LogP contribution in [0.1, 0.15) is 12.1 Å². The minimum atomic E-state index is 0. The first kappa shape index (κ1) is 14.5. The van der Waals surface area contributed by atoms with Crippen molar-refractivity contribution in [1.82, 2.24) is 9.88 Å². The van der Waals surface area contributed by atoms with Crippen LogP contribution in [0.2, 0.25) is 0 Å². The molecule has 0 atom stereocenters. The number of halogens is 2. The van der Waals surface area contributed by atoms with Crippen LogP contribution in [0.15, 0.2) is 18.3 Å². The highest BCUT2D eigenvalue weighted by Crippen LogP contribution is 2.11. The summed E-state index contributed by atoms with van der Waals surface area (Å²) in [5, 5.41) is 0. The summed E-state index contributed by atoms with van der Waals surface area (Å²) in [6.07, 6.45) is 3.07. The summed E-state index contributed by atoms with van der Waals surface area (Å²) >= 11 is 0. The molecule has 0 spiro atoms. The van der Waals surface area contributed by atoms with Crippen molar-refractivity contribution >= 4 is 24.8 Å². The van der Waals surface area contributed by atoms with Crippen LogP contribution in [0.5, 0.6) is 5.75 Å². The molecule has 3 nitrogen and oxygen atoms in total. The first-order valence-electron chi connectivity index (χ1n) is 4.62. The Kier molecular flexibility index (Phi) is 6.65. The molecule has 1 saturated heterocycles. The first-order valence-corrected chi connectivity index (χ1v) is 4.62. The Morgan fingerprint density at radius 2 is 2.07 bits per heavy atom. The van der Waals surface area contributed by atoms with E-state index in [0.717, 1.165) is 11.4 Å². The molecule has 0 aromatic carbocycles. The SMILES string of the molecule is Cc1ccc(OCN2CCC2)cn1.Cl.Cl. The number of aromatic nitrogens is 1. The Morgan fingerprint density at radius 1 is 1.33 bits per heavy atom. The molecular weight excluding hydrogens is 235 g/mol. The van der Waals surface area contributed by atoms with Crippen LogP contribution < -0.4 is 4.74 Å². The lowest BCUT2D eigenvalue weighted by Crippen LogP contribution is -2.39. The molecule has 2 heterocycles. The second kappa shape index (κ2) is 6.88. The number of hydrogen-bond donors (Lipinski definition) is 0. The van der Waals surface area contributed by atoms with Crippen molar-refractivity contribution in [1.29, 1.82) is 0 Å². The molecule has 0 N–H and O–H groups in total. The van der Waals surface area contributed by atoms with Gasteiger partial charge < -0.3 is 4.74 Å². The van der Waals surface area contributed by atoms with Crippen LogP contribution in [0, 0.1) is 6.92 Å². The minimum absolute atomic E-state index is 0. The lowest BCUT2D eigenvalue weighted by atomic mass is 10.2. The predicted octanol–water partition coefficient (Wildman–Crippen LogP) is 2.28. The van der Waals surface area contributed by atoms with Gasteiger partial charge in [-0.25, -0.2) is 0 Å². The summed E-state index contributed by atoms with van der Waals surface area (Å²) in [7, 11) is 0. The topological polar surface area (TPSA) is 25.4 Å². The van der Waals surface area contributed by atoms with Gasteiger partial charge in [-0.2, -0.15) is 0 Å². The molecule has 0 amide bonds. The number of nitrogens with zero attached hydrogens (tertiary/aromatic N) is 2. The van der Waals surface area contributed by atoms with E-state index in [1.807, 2.05) is 19.1 Å². The highest BCUT2D eigenvalue weighted by Gasteiger charge is 2.13. The first-order chi connectivity index (χ1) is 6.34. The third-order valence-corrected chi connectivity index (χ3v) is 2.25. The highest BCUT2D eigenvalue weighted by atomic mass is 35.5. The van der Waals surface area contributed by atoms with Crippen LogP contribution in [0.3, 0.4) is 0 Å². The minimum Gasteiger partial charge on any atom is -0.477 e. The predicted molar refractivity (Wildman–Crippen MR) is 65.2 cm³/mol. The number of hydrogen-bond acceptors (Lipinski definition) is 3. The Morgan fingerprint density at radius 3 is 2.53 bits per heavy atom. The van der Waals surface area contributed by atoms with E-state index in [2.05, 4.69) is 9.88 Å². The van der Waals surface area contributed by atoms with E-state index in [4.69, 9.17) is 4.74 Å². The zero-order chi connectivity index (χ0) is 9.10. The molecule has 0 bridgehead atoms. The summed E-state index contributed by atoms with van der Waals surface area (Å²) in [5.74, 6) is 0.859. The van der Waals surface area contributed by atoms with Gasteiger partial charge in [0.05, 0.1) is 6.20 Å². The molecular formula is C10H16Cl2N2O. The summed E-state index contributed by atoms with van der Waals surface area (Å²) in [6.45, 7) is 5.00. The van der Waals surface area contributed by atoms with Crippen molar-refractivity contribution in [2.24, 2.45) is 0 Å². The Hall–Kier alpha value is -0.510. The lowest BCUT2D eigenvalue weighted by molar-refractivity contribution is 0.0728.